The van der Waals surface area contributed by atoms with Crippen LogP contribution in [0, 0.1) is 11.7 Å². The molecule has 0 saturated carbocycles. The maximum absolute atomic E-state index is 15.0. The number of hydrogen-bond donors (Lipinski definition) is 12. The third-order valence-electron chi connectivity index (χ3n) is 17.6. The van der Waals surface area contributed by atoms with Crippen molar-refractivity contribution in [2.24, 2.45) is 11.7 Å². The van der Waals surface area contributed by atoms with Crippen LogP contribution >= 0.6 is 11.8 Å². The molecule has 30 heteroatoms. The van der Waals surface area contributed by atoms with Crippen molar-refractivity contribution in [2.45, 2.75) is 157 Å². The fourth-order valence-corrected chi connectivity index (χ4v) is 13.8. The molecule has 526 valence electrons. The minimum absolute atomic E-state index is 0.0262. The number of nitrogens with two attached hydrogens (primary N) is 1. The topological polar surface area (TPSA) is 403 Å². The summed E-state index contributed by atoms with van der Waals surface area (Å²) in [4.78, 5) is 144. The van der Waals surface area contributed by atoms with Crippen LogP contribution in [0.2, 0.25) is 0 Å². The Morgan fingerprint density at radius 3 is 1.90 bits per heavy atom. The minimum atomic E-state index is -1.65. The smallest absolute Gasteiger partial charge is 0.315 e. The zero-order valence-corrected chi connectivity index (χ0v) is 55.5. The number of unbranched alkanes of at least 4 members (excludes halogenated alkanes) is 1. The fraction of sp³-hybridized carbons (Fsp3) is 0.500. The van der Waals surface area contributed by atoms with Crippen LogP contribution in [0.3, 0.4) is 0 Å². The Morgan fingerprint density at radius 1 is 0.643 bits per heavy atom. The van der Waals surface area contributed by atoms with Crippen molar-refractivity contribution in [2.75, 3.05) is 52.0 Å². The summed E-state index contributed by atoms with van der Waals surface area (Å²) in [5, 5.41) is 42.8. The van der Waals surface area contributed by atoms with E-state index in [-0.39, 0.29) is 94.7 Å². The van der Waals surface area contributed by atoms with Crippen LogP contribution in [0.1, 0.15) is 93.5 Å². The number of hydrogen-bond acceptors (Lipinski definition) is 17. The number of para-hydroxylation sites is 2. The molecule has 3 aliphatic rings. The van der Waals surface area contributed by atoms with Crippen molar-refractivity contribution in [1.82, 2.24) is 67.5 Å². The highest BCUT2D eigenvalue weighted by Crippen LogP contribution is 2.33. The Hall–Kier alpha value is -9.10. The molecule has 6 heterocycles. The number of aromatic nitrogens is 5. The van der Waals surface area contributed by atoms with Gasteiger partial charge in [0, 0.05) is 109 Å². The van der Waals surface area contributed by atoms with Gasteiger partial charge in [0.15, 0.2) is 5.78 Å². The summed E-state index contributed by atoms with van der Waals surface area (Å²) in [5.41, 5.74) is 9.25. The van der Waals surface area contributed by atoms with E-state index in [1.54, 1.807) is 30.7 Å². The van der Waals surface area contributed by atoms with E-state index in [0.29, 0.717) is 60.7 Å². The van der Waals surface area contributed by atoms with Gasteiger partial charge in [0.05, 0.1) is 56.7 Å². The van der Waals surface area contributed by atoms with Gasteiger partial charge in [-0.1, -0.05) is 60.2 Å². The number of nitrogens with one attached hydrogen (secondary N) is 10. The Morgan fingerprint density at radius 2 is 1.23 bits per heavy atom. The Bertz CT molecular complexity index is 3730. The summed E-state index contributed by atoms with van der Waals surface area (Å²) in [5.74, 6) is -7.18. The Kier molecular flexibility index (Phi) is 27.2. The first-order chi connectivity index (χ1) is 47.4. The van der Waals surface area contributed by atoms with Gasteiger partial charge in [-0.2, -0.15) is 11.8 Å². The van der Waals surface area contributed by atoms with Gasteiger partial charge in [0.1, 0.15) is 54.5 Å². The number of aliphatic hydroxyl groups is 1. The molecule has 2 fully saturated rings. The van der Waals surface area contributed by atoms with Crippen LogP contribution in [0.25, 0.3) is 21.8 Å². The van der Waals surface area contributed by atoms with Crippen LogP contribution in [0.4, 0.5) is 9.18 Å². The standard InChI is InChI=1S/C68H87FN14O14S/c1-40-62(88)75-55(32-43-34-71-51-15-5-3-13-49(43)51)65(91)77-56(33-44-35-72-52-16-6-4-14-50(44)52)66(92)76-54(29-41-19-21-45(69)22-20-41)64(90)74-53(61(70)87)17-8-9-23-83-36-46(81-82-83)30-42(63(89)78-57(37-84)67(93)73-40)31-48(86)38-97-28-27-96-26-25-95-24-10-12-47(85)11-2-7-18-59-60-58(39-98-59)79-68(94)80-60/h3-6,13-16,19-22,34-36,40,42,53-60,71-72,84H,2,7-12,17-18,23-33,37-39H2,1H3,(H2,70,87)(H,73,93)(H,74,90)(H,75,88)(H,76,92)(H,77,91)(H,78,89)(H2,79,80,94)/t40-,42-,53+,54+,55-,56-,57-,58+,59+,60+/m1/s1. The third-order valence-corrected chi connectivity index (χ3v) is 19.1. The van der Waals surface area contributed by atoms with Gasteiger partial charge in [-0.3, -0.25) is 47.8 Å². The highest BCUT2D eigenvalue weighted by atomic mass is 32.2. The molecule has 3 aromatic heterocycles. The maximum Gasteiger partial charge on any atom is 0.315 e. The van der Waals surface area contributed by atoms with Gasteiger partial charge in [0.2, 0.25) is 41.4 Å². The number of ether oxygens (including phenoxy) is 3. The van der Waals surface area contributed by atoms with Crippen LogP contribution in [0.5, 0.6) is 0 Å². The van der Waals surface area contributed by atoms with Gasteiger partial charge in [-0.05, 0) is 86.4 Å². The molecule has 0 radical (unpaired) electrons. The molecular formula is C68H87FN14O14S. The predicted octanol–water partition coefficient (Wildman–Crippen LogP) is 1.94. The zero-order chi connectivity index (χ0) is 69.5. The molecule has 3 aliphatic heterocycles. The number of aryl methyl sites for hydroxylation is 1. The van der Waals surface area contributed by atoms with E-state index in [0.717, 1.165) is 46.8 Å². The molecule has 28 nitrogen and oxygen atoms in total. The first-order valence-corrected chi connectivity index (χ1v) is 34.3. The summed E-state index contributed by atoms with van der Waals surface area (Å²) in [7, 11) is 0. The summed E-state index contributed by atoms with van der Waals surface area (Å²) in [6.07, 6.45) is 8.77. The SMILES string of the molecule is C[C@H]1NC(=O)[C@@H](CO)NC(=O)[C@@H](CC(=O)COCCOCCOCCCC(=O)CCCC[C@@H]2SC[C@@H]3NC(=O)N[C@@H]32)Cc2cn(nn2)CCCC[C@@H](C(N)=O)NC(=O)[C@H](Cc2ccc(F)cc2)NC(=O)[C@@H](Cc2c[nH]c3ccccc23)NC(=O)[C@@H](Cc2c[nH]c3ccccc23)NC1=O. The number of fused-ring (bicyclic) bond motifs is 5. The number of carbonyl (C=O) groups excluding carboxylic acids is 10. The van der Waals surface area contributed by atoms with Crippen LogP contribution in [-0.4, -0.2) is 195 Å². The van der Waals surface area contributed by atoms with Crippen LogP contribution in [0.15, 0.2) is 91.4 Å². The van der Waals surface area contributed by atoms with Crippen molar-refractivity contribution in [3.63, 3.8) is 0 Å². The van der Waals surface area contributed by atoms with E-state index in [2.05, 4.69) is 62.8 Å². The minimum Gasteiger partial charge on any atom is -0.394 e. The number of carbonyl (C=O) groups is 10. The molecule has 13 N–H and O–H groups in total. The first-order valence-electron chi connectivity index (χ1n) is 33.3. The van der Waals surface area contributed by atoms with E-state index < -0.39 is 115 Å². The Labute approximate surface area is 569 Å². The van der Waals surface area contributed by atoms with Crippen LogP contribution in [-0.2, 0) is 89.6 Å². The normalized spacial score (nSPS) is 23.3. The first kappa shape index (κ1) is 73.2. The number of rotatable bonds is 27. The number of H-pyrrole nitrogens is 2. The Balaban J connectivity index is 0.846. The number of aliphatic hydroxyl groups excluding tert-OH is 1. The molecule has 0 unspecified atom stereocenters. The summed E-state index contributed by atoms with van der Waals surface area (Å²) in [6.45, 7) is 1.27. The molecule has 6 aromatic rings. The van der Waals surface area contributed by atoms with Crippen molar-refractivity contribution in [3.05, 3.63) is 120 Å². The van der Waals surface area contributed by atoms with E-state index >= 15 is 0 Å². The van der Waals surface area contributed by atoms with Crippen molar-refractivity contribution < 1.29 is 71.7 Å². The van der Waals surface area contributed by atoms with E-state index in [1.165, 1.54) is 35.9 Å². The maximum atomic E-state index is 15.0. The largest absolute Gasteiger partial charge is 0.394 e. The summed E-state index contributed by atoms with van der Waals surface area (Å²) < 4.78 is 32.6. The van der Waals surface area contributed by atoms with Crippen molar-refractivity contribution in [1.29, 1.82) is 0 Å². The van der Waals surface area contributed by atoms with E-state index in [1.807, 2.05) is 48.2 Å². The molecule has 3 aromatic carbocycles. The molecular weight excluding hydrogens is 1290 g/mol. The third kappa shape index (κ3) is 21.4. The molecule has 2 saturated heterocycles. The second-order valence-electron chi connectivity index (χ2n) is 25.0. The second kappa shape index (κ2) is 36.5. The van der Waals surface area contributed by atoms with Crippen LogP contribution < -0.4 is 48.3 Å². The molecule has 0 spiro atoms. The second-order valence-corrected chi connectivity index (χ2v) is 26.3. The van der Waals surface area contributed by atoms with Gasteiger partial charge >= 0.3 is 6.03 Å². The zero-order valence-electron chi connectivity index (χ0n) is 54.7. The highest BCUT2D eigenvalue weighted by Gasteiger charge is 2.43. The average Bonchev–Trinajstić information content (AvgIpc) is 1.66. The average molecular weight is 1380 g/mol. The van der Waals surface area contributed by atoms with Gasteiger partial charge < -0.3 is 77.6 Å². The lowest BCUT2D eigenvalue weighted by Crippen LogP contribution is -2.60. The number of ketones is 2. The molecule has 9 amide bonds. The summed E-state index contributed by atoms with van der Waals surface area (Å²) in [6, 6.07) is 11.4. The molecule has 2 bridgehead atoms. The molecule has 9 rings (SSSR count). The van der Waals surface area contributed by atoms with Gasteiger partial charge in [0.25, 0.3) is 0 Å². The predicted molar refractivity (Wildman–Crippen MR) is 359 cm³/mol. The lowest BCUT2D eigenvalue weighted by Gasteiger charge is -2.27. The number of Topliss-reactive ketones (excluding diaryl/α,β-unsaturated/α-hetero) is 2. The lowest BCUT2D eigenvalue weighted by molar-refractivity contribution is -0.136. The monoisotopic (exact) mass is 1370 g/mol. The molecule has 98 heavy (non-hydrogen) atoms. The molecule has 0 aliphatic carbocycles. The highest BCUT2D eigenvalue weighted by molar-refractivity contribution is 8.00. The number of primary amides is 1. The van der Waals surface area contributed by atoms with Crippen molar-refractivity contribution in [3.8, 4) is 0 Å². The summed E-state index contributed by atoms with van der Waals surface area (Å²) >= 11 is 1.86. The van der Waals surface area contributed by atoms with E-state index in [9.17, 15) is 57.4 Å². The molecule has 10 atom stereocenters. The van der Waals surface area contributed by atoms with E-state index in [4.69, 9.17) is 19.9 Å². The fourth-order valence-electron chi connectivity index (χ4n) is 12.2. The number of thioether (sulfide) groups is 1. The number of amides is 9. The van der Waals surface area contributed by atoms with Gasteiger partial charge in [-0.25, -0.2) is 9.18 Å². The van der Waals surface area contributed by atoms with Gasteiger partial charge in [-0.15, -0.1) is 5.10 Å². The van der Waals surface area contributed by atoms with Crippen molar-refractivity contribution >= 4 is 92.5 Å². The number of halogens is 1. The lowest BCUT2D eigenvalue weighted by atomic mass is 9.96. The number of nitrogens with zero attached hydrogens (tertiary/aromatic N) is 3. The quantitative estimate of drug-likeness (QED) is 0.0259. The number of aromatic amines is 2. The number of urea groups is 1. The number of benzene rings is 3.